The van der Waals surface area contributed by atoms with Crippen molar-refractivity contribution in [3.63, 3.8) is 0 Å². The normalized spacial score (nSPS) is 15.8. The summed E-state index contributed by atoms with van der Waals surface area (Å²) in [6.07, 6.45) is 1.37. The molecule has 0 saturated carbocycles. The van der Waals surface area contributed by atoms with E-state index in [-0.39, 0.29) is 23.6 Å². The minimum atomic E-state index is -2.95. The van der Waals surface area contributed by atoms with Gasteiger partial charge in [0, 0.05) is 29.7 Å². The van der Waals surface area contributed by atoms with Crippen LogP contribution in [0.25, 0.3) is 11.3 Å². The van der Waals surface area contributed by atoms with Crippen LogP contribution in [0.3, 0.4) is 0 Å². The number of ether oxygens (including phenoxy) is 1. The number of aromatic nitrogens is 1. The van der Waals surface area contributed by atoms with Crippen LogP contribution >= 0.6 is 11.3 Å². The molecule has 3 aromatic rings. The lowest BCUT2D eigenvalue weighted by Gasteiger charge is -2.31. The molecule has 1 atom stereocenters. The first kappa shape index (κ1) is 23.6. The third kappa shape index (κ3) is 5.88. The zero-order valence-corrected chi connectivity index (χ0v) is 19.3. The van der Waals surface area contributed by atoms with Crippen LogP contribution in [-0.2, 0) is 4.79 Å². The van der Waals surface area contributed by atoms with E-state index >= 15 is 0 Å². The number of hydrogen-bond donors (Lipinski definition) is 2. The molecule has 2 N–H and O–H groups in total. The average Bonchev–Trinajstić information content (AvgIpc) is 3.27. The van der Waals surface area contributed by atoms with Crippen LogP contribution < -0.4 is 15.4 Å². The van der Waals surface area contributed by atoms with Crippen LogP contribution in [0.5, 0.6) is 5.75 Å². The highest BCUT2D eigenvalue weighted by atomic mass is 32.1. The summed E-state index contributed by atoms with van der Waals surface area (Å²) in [6, 6.07) is 13.7. The van der Waals surface area contributed by atoms with Gasteiger partial charge >= 0.3 is 12.6 Å². The fraction of sp³-hybridized carbons (Fsp3) is 0.292. The largest absolute Gasteiger partial charge is 0.434 e. The number of thiazole rings is 1. The summed E-state index contributed by atoms with van der Waals surface area (Å²) in [7, 11) is 0. The second kappa shape index (κ2) is 10.6. The number of anilines is 2. The number of carbonyl (C=O) groups is 2. The van der Waals surface area contributed by atoms with E-state index in [2.05, 4.69) is 20.4 Å². The van der Waals surface area contributed by atoms with Gasteiger partial charge in [0.15, 0.2) is 5.13 Å². The fourth-order valence-electron chi connectivity index (χ4n) is 3.84. The van der Waals surface area contributed by atoms with Crippen molar-refractivity contribution in [1.82, 2.24) is 9.88 Å². The number of likely N-dealkylation sites (tertiary alicyclic amines) is 1. The van der Waals surface area contributed by atoms with Crippen LogP contribution in [-0.4, -0.2) is 41.5 Å². The number of nitrogens with one attached hydrogen (secondary N) is 2. The number of para-hydroxylation sites is 1. The average molecular weight is 487 g/mol. The minimum Gasteiger partial charge on any atom is -0.434 e. The molecule has 1 saturated heterocycles. The molecule has 178 valence electrons. The predicted octanol–water partition coefficient (Wildman–Crippen LogP) is 5.60. The molecule has 7 nitrogen and oxygen atoms in total. The molecule has 2 aromatic carbocycles. The lowest BCUT2D eigenvalue weighted by Crippen LogP contribution is -2.45. The van der Waals surface area contributed by atoms with E-state index in [0.29, 0.717) is 48.0 Å². The van der Waals surface area contributed by atoms with Crippen molar-refractivity contribution < 1.29 is 23.1 Å². The summed E-state index contributed by atoms with van der Waals surface area (Å²) >= 11 is 1.20. The molecule has 0 aliphatic carbocycles. The van der Waals surface area contributed by atoms with E-state index in [1.165, 1.54) is 17.4 Å². The number of halogens is 2. The van der Waals surface area contributed by atoms with Crippen LogP contribution in [0.1, 0.15) is 18.4 Å². The molecule has 1 aliphatic heterocycles. The second-order valence-electron chi connectivity index (χ2n) is 7.99. The lowest BCUT2D eigenvalue weighted by molar-refractivity contribution is -0.121. The Labute approximate surface area is 199 Å². The quantitative estimate of drug-likeness (QED) is 0.475. The predicted molar refractivity (Wildman–Crippen MR) is 127 cm³/mol. The zero-order valence-electron chi connectivity index (χ0n) is 18.5. The maximum Gasteiger partial charge on any atom is 0.387 e. The number of alkyl halides is 2. The first-order valence-electron chi connectivity index (χ1n) is 10.8. The molecule has 1 aromatic heterocycles. The highest BCUT2D eigenvalue weighted by Crippen LogP contribution is 2.33. The molecule has 2 heterocycles. The molecule has 0 radical (unpaired) electrons. The van der Waals surface area contributed by atoms with Crippen molar-refractivity contribution in [3.05, 3.63) is 59.5 Å². The number of aryl methyl sites for hydroxylation is 1. The molecule has 34 heavy (non-hydrogen) atoms. The number of rotatable bonds is 6. The van der Waals surface area contributed by atoms with Crippen molar-refractivity contribution in [2.24, 2.45) is 5.92 Å². The van der Waals surface area contributed by atoms with Crippen molar-refractivity contribution in [2.45, 2.75) is 26.4 Å². The van der Waals surface area contributed by atoms with Gasteiger partial charge in [-0.1, -0.05) is 24.3 Å². The van der Waals surface area contributed by atoms with Crippen molar-refractivity contribution >= 4 is 34.1 Å². The Morgan fingerprint density at radius 3 is 2.79 bits per heavy atom. The van der Waals surface area contributed by atoms with Gasteiger partial charge in [-0.05, 0) is 49.6 Å². The molecule has 0 bridgehead atoms. The van der Waals surface area contributed by atoms with E-state index in [9.17, 15) is 18.4 Å². The van der Waals surface area contributed by atoms with Crippen LogP contribution in [0.4, 0.5) is 24.4 Å². The topological polar surface area (TPSA) is 83.6 Å². The minimum absolute atomic E-state index is 0.0169. The number of urea groups is 1. The first-order valence-corrected chi connectivity index (χ1v) is 11.7. The van der Waals surface area contributed by atoms with Crippen LogP contribution in [0.2, 0.25) is 0 Å². The number of amides is 3. The van der Waals surface area contributed by atoms with E-state index < -0.39 is 6.61 Å². The van der Waals surface area contributed by atoms with Gasteiger partial charge in [0.05, 0.1) is 11.6 Å². The Morgan fingerprint density at radius 1 is 1.18 bits per heavy atom. The molecule has 10 heteroatoms. The third-order valence-corrected chi connectivity index (χ3v) is 6.22. The van der Waals surface area contributed by atoms with Gasteiger partial charge in [-0.15, -0.1) is 11.3 Å². The summed E-state index contributed by atoms with van der Waals surface area (Å²) in [6.45, 7) is -0.127. The van der Waals surface area contributed by atoms with E-state index in [1.54, 1.807) is 28.5 Å². The smallest absolute Gasteiger partial charge is 0.387 e. The summed E-state index contributed by atoms with van der Waals surface area (Å²) in [5.74, 6) is -0.590. The standard InChI is InChI=1S/C24H24F2N4O3S/c1-15-6-4-8-17(12-15)27-24(32)30-11-5-7-16(13-30)21(31)29-23-28-19(14-34-23)18-9-2-3-10-20(18)33-22(25)26/h2-4,6,8-10,12,14,16,22H,5,7,11,13H2,1H3,(H,27,32)(H,28,29,31). The van der Waals surface area contributed by atoms with Crippen molar-refractivity contribution in [1.29, 1.82) is 0 Å². The molecule has 1 fully saturated rings. The number of piperidine rings is 1. The first-order chi connectivity index (χ1) is 16.4. The number of hydrogen-bond acceptors (Lipinski definition) is 5. The van der Waals surface area contributed by atoms with Crippen LogP contribution in [0.15, 0.2) is 53.9 Å². The maximum absolute atomic E-state index is 12.9. The molecular weight excluding hydrogens is 462 g/mol. The summed E-state index contributed by atoms with van der Waals surface area (Å²) in [4.78, 5) is 31.6. The van der Waals surface area contributed by atoms with E-state index in [4.69, 9.17) is 0 Å². The van der Waals surface area contributed by atoms with E-state index in [0.717, 1.165) is 5.56 Å². The Balaban J connectivity index is 1.38. The fourth-order valence-corrected chi connectivity index (χ4v) is 4.55. The highest BCUT2D eigenvalue weighted by Gasteiger charge is 2.29. The Hall–Kier alpha value is -3.53. The molecule has 3 amide bonds. The maximum atomic E-state index is 12.9. The third-order valence-electron chi connectivity index (χ3n) is 5.46. The molecule has 0 spiro atoms. The summed E-state index contributed by atoms with van der Waals surface area (Å²) in [5, 5.41) is 7.71. The second-order valence-corrected chi connectivity index (χ2v) is 8.84. The number of benzene rings is 2. The monoisotopic (exact) mass is 486 g/mol. The number of carbonyl (C=O) groups excluding carboxylic acids is 2. The molecule has 1 aliphatic rings. The van der Waals surface area contributed by atoms with Gasteiger partial charge in [-0.2, -0.15) is 8.78 Å². The zero-order chi connectivity index (χ0) is 24.1. The molecule has 1 unspecified atom stereocenters. The van der Waals surface area contributed by atoms with Gasteiger partial charge in [-0.3, -0.25) is 4.79 Å². The van der Waals surface area contributed by atoms with Gasteiger partial charge in [0.25, 0.3) is 0 Å². The van der Waals surface area contributed by atoms with Gasteiger partial charge < -0.3 is 20.3 Å². The lowest BCUT2D eigenvalue weighted by atomic mass is 9.97. The van der Waals surface area contributed by atoms with Gasteiger partial charge in [0.2, 0.25) is 5.91 Å². The van der Waals surface area contributed by atoms with Crippen LogP contribution in [0, 0.1) is 12.8 Å². The highest BCUT2D eigenvalue weighted by molar-refractivity contribution is 7.14. The van der Waals surface area contributed by atoms with Gasteiger partial charge in [0.1, 0.15) is 5.75 Å². The van der Waals surface area contributed by atoms with E-state index in [1.807, 2.05) is 31.2 Å². The number of nitrogens with zero attached hydrogens (tertiary/aromatic N) is 2. The van der Waals surface area contributed by atoms with Crippen molar-refractivity contribution in [2.75, 3.05) is 23.7 Å². The summed E-state index contributed by atoms with van der Waals surface area (Å²) < 4.78 is 30.0. The Morgan fingerprint density at radius 2 is 2.00 bits per heavy atom. The summed E-state index contributed by atoms with van der Waals surface area (Å²) in [5.41, 5.74) is 2.60. The SMILES string of the molecule is Cc1cccc(NC(=O)N2CCCC(C(=O)Nc3nc(-c4ccccc4OC(F)F)cs3)C2)c1. The van der Waals surface area contributed by atoms with Gasteiger partial charge in [-0.25, -0.2) is 9.78 Å². The molecule has 4 rings (SSSR count). The molecular formula is C24H24F2N4O3S. The van der Waals surface area contributed by atoms with Crippen molar-refractivity contribution in [3.8, 4) is 17.0 Å². The Kier molecular flexibility index (Phi) is 7.36. The Bertz CT molecular complexity index is 1170.